The van der Waals surface area contributed by atoms with E-state index in [2.05, 4.69) is 0 Å². The number of aliphatic hydroxyl groups excluding tert-OH is 2. The fraction of sp³-hybridized carbons (Fsp3) is 0.500. The molecule has 0 amide bonds. The Bertz CT molecular complexity index is 389. The maximum atomic E-state index is 9.23. The van der Waals surface area contributed by atoms with Crippen LogP contribution in [0.1, 0.15) is 18.9 Å². The number of hydrogen-bond acceptors (Lipinski definition) is 5. The van der Waals surface area contributed by atoms with E-state index in [-0.39, 0.29) is 13.4 Å². The van der Waals surface area contributed by atoms with Crippen LogP contribution in [0.4, 0.5) is 0 Å². The van der Waals surface area contributed by atoms with Crippen LogP contribution in [0.25, 0.3) is 0 Å². The van der Waals surface area contributed by atoms with E-state index in [0.717, 1.165) is 0 Å². The highest BCUT2D eigenvalue weighted by atomic mass is 16.7. The maximum absolute atomic E-state index is 9.23. The van der Waals surface area contributed by atoms with Gasteiger partial charge in [-0.25, -0.2) is 0 Å². The predicted octanol–water partition coefficient (Wildman–Crippen LogP) is 1.06. The summed E-state index contributed by atoms with van der Waals surface area (Å²) in [6.45, 7) is 2.16. The molecule has 2 rings (SSSR count). The molecule has 1 aromatic rings. The molecular weight excluding hydrogens is 224 g/mol. The average Bonchev–Trinajstić information content (AvgIpc) is 2.74. The van der Waals surface area contributed by atoms with Gasteiger partial charge in [-0.05, 0) is 13.0 Å². The van der Waals surface area contributed by atoms with Gasteiger partial charge in [-0.15, -0.1) is 0 Å². The molecule has 5 nitrogen and oxygen atoms in total. The summed E-state index contributed by atoms with van der Waals surface area (Å²) in [5.74, 6) is 1.81. The van der Waals surface area contributed by atoms with E-state index < -0.39 is 6.10 Å². The summed E-state index contributed by atoms with van der Waals surface area (Å²) in [5, 5.41) is 18.4. The van der Waals surface area contributed by atoms with Crippen LogP contribution < -0.4 is 14.2 Å². The second-order valence-electron chi connectivity index (χ2n) is 3.96. The second-order valence-corrected chi connectivity index (χ2v) is 3.96. The average molecular weight is 240 g/mol. The summed E-state index contributed by atoms with van der Waals surface area (Å²) >= 11 is 0. The Morgan fingerprint density at radius 3 is 2.71 bits per heavy atom. The van der Waals surface area contributed by atoms with Crippen molar-refractivity contribution < 1.29 is 24.4 Å². The number of hydrogen-bond donors (Lipinski definition) is 2. The first-order valence-corrected chi connectivity index (χ1v) is 5.55. The van der Waals surface area contributed by atoms with E-state index in [9.17, 15) is 5.11 Å². The van der Waals surface area contributed by atoms with Crippen molar-refractivity contribution in [3.63, 3.8) is 0 Å². The first-order chi connectivity index (χ1) is 8.20. The number of benzene rings is 1. The Morgan fingerprint density at radius 2 is 2.06 bits per heavy atom. The number of aliphatic hydroxyl groups is 2. The Hall–Kier alpha value is -1.46. The lowest BCUT2D eigenvalue weighted by Crippen LogP contribution is -2.08. The molecule has 0 aliphatic carbocycles. The molecule has 0 saturated carbocycles. The van der Waals surface area contributed by atoms with Gasteiger partial charge in [0.2, 0.25) is 6.79 Å². The third-order valence-electron chi connectivity index (χ3n) is 2.52. The summed E-state index contributed by atoms with van der Waals surface area (Å²) in [5.41, 5.74) is 0.653. The molecule has 17 heavy (non-hydrogen) atoms. The summed E-state index contributed by atoms with van der Waals surface area (Å²) in [4.78, 5) is 0. The van der Waals surface area contributed by atoms with Crippen molar-refractivity contribution in [2.75, 3.05) is 13.4 Å². The highest BCUT2D eigenvalue weighted by Crippen LogP contribution is 2.38. The molecule has 0 fully saturated rings. The van der Waals surface area contributed by atoms with E-state index in [1.54, 1.807) is 19.1 Å². The molecule has 2 N–H and O–H groups in total. The van der Waals surface area contributed by atoms with Gasteiger partial charge in [0.05, 0.1) is 19.3 Å². The van der Waals surface area contributed by atoms with Gasteiger partial charge < -0.3 is 24.4 Å². The van der Waals surface area contributed by atoms with E-state index >= 15 is 0 Å². The van der Waals surface area contributed by atoms with E-state index in [1.165, 1.54) is 0 Å². The lowest BCUT2D eigenvalue weighted by Gasteiger charge is -2.12. The first kappa shape index (κ1) is 12.0. The van der Waals surface area contributed by atoms with Crippen LogP contribution in [-0.4, -0.2) is 29.7 Å². The minimum atomic E-state index is -0.401. The first-order valence-electron chi connectivity index (χ1n) is 5.55. The fourth-order valence-electron chi connectivity index (χ4n) is 1.56. The SMILES string of the molecule is CC(O)CCOc1cc2c(cc1CO)OCO2. The molecule has 0 radical (unpaired) electrons. The molecule has 0 spiro atoms. The Balaban J connectivity index is 2.09. The van der Waals surface area contributed by atoms with Crippen LogP contribution in [0.5, 0.6) is 17.2 Å². The van der Waals surface area contributed by atoms with Crippen molar-refractivity contribution in [3.05, 3.63) is 17.7 Å². The van der Waals surface area contributed by atoms with E-state index in [1.807, 2.05) is 0 Å². The number of rotatable bonds is 5. The normalized spacial score (nSPS) is 14.8. The molecule has 0 bridgehead atoms. The van der Waals surface area contributed by atoms with Gasteiger partial charge in [0.25, 0.3) is 0 Å². The fourth-order valence-corrected chi connectivity index (χ4v) is 1.56. The molecule has 1 heterocycles. The zero-order valence-electron chi connectivity index (χ0n) is 9.68. The quantitative estimate of drug-likeness (QED) is 0.805. The summed E-state index contributed by atoms with van der Waals surface area (Å²) in [6, 6.07) is 3.41. The van der Waals surface area contributed by atoms with Crippen molar-refractivity contribution in [3.8, 4) is 17.2 Å². The zero-order valence-corrected chi connectivity index (χ0v) is 9.68. The third kappa shape index (κ3) is 2.81. The molecule has 1 aliphatic heterocycles. The molecule has 1 atom stereocenters. The minimum Gasteiger partial charge on any atom is -0.493 e. The Morgan fingerprint density at radius 1 is 1.35 bits per heavy atom. The van der Waals surface area contributed by atoms with Gasteiger partial charge >= 0.3 is 0 Å². The molecule has 0 saturated heterocycles. The van der Waals surface area contributed by atoms with Crippen LogP contribution in [0.15, 0.2) is 12.1 Å². The highest BCUT2D eigenvalue weighted by molar-refractivity contribution is 5.51. The van der Waals surface area contributed by atoms with Crippen LogP contribution in [-0.2, 0) is 6.61 Å². The lowest BCUT2D eigenvalue weighted by molar-refractivity contribution is 0.154. The van der Waals surface area contributed by atoms with Crippen LogP contribution in [0, 0.1) is 0 Å². The van der Waals surface area contributed by atoms with Crippen LogP contribution in [0.3, 0.4) is 0 Å². The van der Waals surface area contributed by atoms with Gasteiger partial charge in [0, 0.05) is 18.1 Å². The number of fused-ring (bicyclic) bond motifs is 1. The molecule has 5 heteroatoms. The van der Waals surface area contributed by atoms with Gasteiger partial charge in [-0.2, -0.15) is 0 Å². The largest absolute Gasteiger partial charge is 0.493 e. The molecular formula is C12H16O5. The zero-order chi connectivity index (χ0) is 12.3. The predicted molar refractivity (Wildman–Crippen MR) is 60.3 cm³/mol. The van der Waals surface area contributed by atoms with Crippen molar-refractivity contribution in [1.82, 2.24) is 0 Å². The highest BCUT2D eigenvalue weighted by Gasteiger charge is 2.17. The molecule has 1 aromatic carbocycles. The van der Waals surface area contributed by atoms with Gasteiger partial charge in [0.15, 0.2) is 11.5 Å². The summed E-state index contributed by atoms with van der Waals surface area (Å²) in [6.07, 6.45) is 0.140. The summed E-state index contributed by atoms with van der Waals surface area (Å²) in [7, 11) is 0. The van der Waals surface area contributed by atoms with E-state index in [0.29, 0.717) is 35.8 Å². The van der Waals surface area contributed by atoms with Crippen LogP contribution in [0.2, 0.25) is 0 Å². The molecule has 1 aliphatic rings. The van der Waals surface area contributed by atoms with Gasteiger partial charge in [-0.3, -0.25) is 0 Å². The number of ether oxygens (including phenoxy) is 3. The van der Waals surface area contributed by atoms with Crippen LogP contribution >= 0.6 is 0 Å². The van der Waals surface area contributed by atoms with Crippen molar-refractivity contribution in [1.29, 1.82) is 0 Å². The Kier molecular flexibility index (Phi) is 3.71. The van der Waals surface area contributed by atoms with Gasteiger partial charge in [-0.1, -0.05) is 0 Å². The molecule has 94 valence electrons. The maximum Gasteiger partial charge on any atom is 0.231 e. The van der Waals surface area contributed by atoms with Gasteiger partial charge in [0.1, 0.15) is 5.75 Å². The van der Waals surface area contributed by atoms with Crippen molar-refractivity contribution in [2.24, 2.45) is 0 Å². The third-order valence-corrected chi connectivity index (χ3v) is 2.52. The Labute approximate surface area is 99.5 Å². The topological polar surface area (TPSA) is 68.2 Å². The minimum absolute atomic E-state index is 0.124. The monoisotopic (exact) mass is 240 g/mol. The molecule has 0 aromatic heterocycles. The van der Waals surface area contributed by atoms with Crippen molar-refractivity contribution in [2.45, 2.75) is 26.1 Å². The smallest absolute Gasteiger partial charge is 0.231 e. The molecule has 1 unspecified atom stereocenters. The lowest BCUT2D eigenvalue weighted by atomic mass is 10.2. The second kappa shape index (κ2) is 5.25. The van der Waals surface area contributed by atoms with E-state index in [4.69, 9.17) is 19.3 Å². The summed E-state index contributed by atoms with van der Waals surface area (Å²) < 4.78 is 16.0. The van der Waals surface area contributed by atoms with Crippen molar-refractivity contribution >= 4 is 0 Å². The standard InChI is InChI=1S/C12H16O5/c1-8(14)2-3-15-10-5-12-11(16-7-17-12)4-9(10)6-13/h4-5,8,13-14H,2-3,6-7H2,1H3.